The predicted octanol–water partition coefficient (Wildman–Crippen LogP) is 2.34. The maximum absolute atomic E-state index is 11.8. The van der Waals surface area contributed by atoms with Gasteiger partial charge in [-0.1, -0.05) is 12.1 Å². The van der Waals surface area contributed by atoms with Crippen LogP contribution in [0.4, 0.5) is 0 Å². The third-order valence-corrected chi connectivity index (χ3v) is 3.79. The molecule has 5 heteroatoms. The van der Waals surface area contributed by atoms with Crippen molar-refractivity contribution in [1.82, 2.24) is 5.32 Å². The van der Waals surface area contributed by atoms with Crippen LogP contribution in [0.1, 0.15) is 27.0 Å². The van der Waals surface area contributed by atoms with Crippen LogP contribution in [0.2, 0.25) is 0 Å². The van der Waals surface area contributed by atoms with Crippen molar-refractivity contribution in [2.75, 3.05) is 6.54 Å². The standard InChI is InChI=1S/C15H15NO3S/c1-10(18)8-16-15(19)12-4-2-11(3-5-12)14-7-6-13(9-17)20-14/h2-7,9-10,18H,8H2,1H3,(H,16,19). The lowest BCUT2D eigenvalue weighted by Crippen LogP contribution is -2.30. The Balaban J connectivity index is 2.09. The Kier molecular flexibility index (Phi) is 4.65. The second kappa shape index (κ2) is 6.45. The van der Waals surface area contributed by atoms with Gasteiger partial charge in [0.05, 0.1) is 11.0 Å². The lowest BCUT2D eigenvalue weighted by molar-refractivity contribution is 0.0924. The smallest absolute Gasteiger partial charge is 0.251 e. The van der Waals surface area contributed by atoms with E-state index in [4.69, 9.17) is 5.11 Å². The van der Waals surface area contributed by atoms with Crippen LogP contribution in [0.25, 0.3) is 10.4 Å². The van der Waals surface area contributed by atoms with Crippen LogP contribution in [0.3, 0.4) is 0 Å². The zero-order chi connectivity index (χ0) is 14.5. The summed E-state index contributed by atoms with van der Waals surface area (Å²) in [5.74, 6) is -0.211. The van der Waals surface area contributed by atoms with E-state index in [1.165, 1.54) is 11.3 Å². The SMILES string of the molecule is CC(O)CNC(=O)c1ccc(-c2ccc(C=O)s2)cc1. The number of aliphatic hydroxyl groups excluding tert-OH is 1. The Labute approximate surface area is 121 Å². The number of aliphatic hydroxyl groups is 1. The maximum atomic E-state index is 11.8. The molecule has 1 unspecified atom stereocenters. The summed E-state index contributed by atoms with van der Waals surface area (Å²) >= 11 is 1.41. The van der Waals surface area contributed by atoms with Crippen LogP contribution >= 0.6 is 11.3 Å². The summed E-state index contributed by atoms with van der Waals surface area (Å²) in [6.45, 7) is 1.85. The number of hydrogen-bond acceptors (Lipinski definition) is 4. The lowest BCUT2D eigenvalue weighted by atomic mass is 10.1. The second-order valence-electron chi connectivity index (χ2n) is 4.46. The monoisotopic (exact) mass is 289 g/mol. The van der Waals surface area contributed by atoms with Gasteiger partial charge in [0.25, 0.3) is 5.91 Å². The summed E-state index contributed by atoms with van der Waals surface area (Å²) in [5.41, 5.74) is 1.51. The number of aldehydes is 1. The molecule has 1 heterocycles. The third kappa shape index (κ3) is 3.53. The topological polar surface area (TPSA) is 66.4 Å². The average Bonchev–Trinajstić information content (AvgIpc) is 2.94. The van der Waals surface area contributed by atoms with Crippen molar-refractivity contribution in [3.63, 3.8) is 0 Å². The quantitative estimate of drug-likeness (QED) is 0.830. The second-order valence-corrected chi connectivity index (χ2v) is 5.57. The minimum absolute atomic E-state index is 0.211. The first-order valence-electron chi connectivity index (χ1n) is 6.22. The summed E-state index contributed by atoms with van der Waals surface area (Å²) in [4.78, 5) is 24.1. The van der Waals surface area contributed by atoms with Gasteiger partial charge in [-0.05, 0) is 36.8 Å². The highest BCUT2D eigenvalue weighted by Gasteiger charge is 2.07. The summed E-state index contributed by atoms with van der Waals surface area (Å²) in [6.07, 6.45) is 0.262. The van der Waals surface area contributed by atoms with Crippen molar-refractivity contribution in [3.05, 3.63) is 46.8 Å². The van der Waals surface area contributed by atoms with Gasteiger partial charge in [-0.2, -0.15) is 0 Å². The van der Waals surface area contributed by atoms with Gasteiger partial charge >= 0.3 is 0 Å². The van der Waals surface area contributed by atoms with Crippen LogP contribution in [0.15, 0.2) is 36.4 Å². The van der Waals surface area contributed by atoms with Crippen molar-refractivity contribution in [1.29, 1.82) is 0 Å². The molecule has 0 aliphatic rings. The Hall–Kier alpha value is -1.98. The van der Waals surface area contributed by atoms with Crippen LogP contribution in [0.5, 0.6) is 0 Å². The number of benzene rings is 1. The molecule has 0 radical (unpaired) electrons. The molecule has 2 N–H and O–H groups in total. The first kappa shape index (κ1) is 14.4. The van der Waals surface area contributed by atoms with E-state index in [9.17, 15) is 9.59 Å². The molecule has 0 bridgehead atoms. The molecule has 1 atom stereocenters. The fourth-order valence-corrected chi connectivity index (χ4v) is 2.53. The van der Waals surface area contributed by atoms with Crippen molar-refractivity contribution >= 4 is 23.5 Å². The molecule has 1 aromatic heterocycles. The zero-order valence-electron chi connectivity index (χ0n) is 11.0. The van der Waals surface area contributed by atoms with Crippen molar-refractivity contribution in [3.8, 4) is 10.4 Å². The molecule has 0 saturated heterocycles. The number of thiophene rings is 1. The van der Waals surface area contributed by atoms with E-state index in [2.05, 4.69) is 5.32 Å². The first-order valence-corrected chi connectivity index (χ1v) is 7.03. The first-order chi connectivity index (χ1) is 9.60. The molecule has 0 aliphatic carbocycles. The summed E-state index contributed by atoms with van der Waals surface area (Å²) in [5, 5.41) is 11.8. The third-order valence-electron chi connectivity index (χ3n) is 2.73. The molecule has 0 fully saturated rings. The number of rotatable bonds is 5. The molecule has 20 heavy (non-hydrogen) atoms. The highest BCUT2D eigenvalue weighted by atomic mass is 32.1. The molecule has 1 aromatic carbocycles. The van der Waals surface area contributed by atoms with Crippen molar-refractivity contribution in [2.45, 2.75) is 13.0 Å². The number of hydrogen-bond donors (Lipinski definition) is 2. The van der Waals surface area contributed by atoms with Crippen LogP contribution in [-0.2, 0) is 0 Å². The van der Waals surface area contributed by atoms with Gasteiger partial charge in [0, 0.05) is 17.0 Å². The Morgan fingerprint density at radius 1 is 1.30 bits per heavy atom. The Morgan fingerprint density at radius 2 is 2.00 bits per heavy atom. The molecule has 2 rings (SSSR count). The molecule has 0 aliphatic heterocycles. The minimum atomic E-state index is -0.564. The minimum Gasteiger partial charge on any atom is -0.392 e. The van der Waals surface area contributed by atoms with Gasteiger partial charge in [0.1, 0.15) is 0 Å². The Bertz CT molecular complexity index is 602. The van der Waals surface area contributed by atoms with Gasteiger partial charge in [-0.15, -0.1) is 11.3 Å². The Morgan fingerprint density at radius 3 is 2.55 bits per heavy atom. The zero-order valence-corrected chi connectivity index (χ0v) is 11.8. The normalized spacial score (nSPS) is 11.9. The molecule has 0 spiro atoms. The van der Waals surface area contributed by atoms with E-state index in [0.717, 1.165) is 16.7 Å². The van der Waals surface area contributed by atoms with E-state index in [0.29, 0.717) is 10.4 Å². The number of amides is 1. The van der Waals surface area contributed by atoms with Crippen LogP contribution < -0.4 is 5.32 Å². The molecule has 0 saturated carbocycles. The van der Waals surface area contributed by atoms with Crippen LogP contribution in [-0.4, -0.2) is 29.9 Å². The largest absolute Gasteiger partial charge is 0.392 e. The van der Waals surface area contributed by atoms with E-state index >= 15 is 0 Å². The fraction of sp³-hybridized carbons (Fsp3) is 0.200. The van der Waals surface area contributed by atoms with Gasteiger partial charge in [0.2, 0.25) is 0 Å². The van der Waals surface area contributed by atoms with Gasteiger partial charge in [-0.3, -0.25) is 9.59 Å². The highest BCUT2D eigenvalue weighted by Crippen LogP contribution is 2.27. The van der Waals surface area contributed by atoms with Crippen molar-refractivity contribution in [2.24, 2.45) is 0 Å². The molecular weight excluding hydrogens is 274 g/mol. The molecular formula is C15H15NO3S. The number of nitrogens with one attached hydrogen (secondary N) is 1. The van der Waals surface area contributed by atoms with Gasteiger partial charge in [0.15, 0.2) is 6.29 Å². The summed E-state index contributed by atoms with van der Waals surface area (Å²) in [6, 6.07) is 10.8. The number of carbonyl (C=O) groups excluding carboxylic acids is 2. The van der Waals surface area contributed by atoms with Gasteiger partial charge < -0.3 is 10.4 Å². The van der Waals surface area contributed by atoms with Crippen LogP contribution in [0, 0.1) is 0 Å². The maximum Gasteiger partial charge on any atom is 0.251 e. The summed E-state index contributed by atoms with van der Waals surface area (Å²) in [7, 11) is 0. The molecule has 1 amide bonds. The summed E-state index contributed by atoms with van der Waals surface area (Å²) < 4.78 is 0. The van der Waals surface area contributed by atoms with E-state index in [-0.39, 0.29) is 12.5 Å². The van der Waals surface area contributed by atoms with Crippen molar-refractivity contribution < 1.29 is 14.7 Å². The van der Waals surface area contributed by atoms with E-state index < -0.39 is 6.10 Å². The van der Waals surface area contributed by atoms with Gasteiger partial charge in [-0.25, -0.2) is 0 Å². The molecule has 4 nitrogen and oxygen atoms in total. The van der Waals surface area contributed by atoms with E-state index in [1.807, 2.05) is 18.2 Å². The predicted molar refractivity (Wildman–Crippen MR) is 79.2 cm³/mol. The lowest BCUT2D eigenvalue weighted by Gasteiger charge is -2.07. The van der Waals surface area contributed by atoms with E-state index in [1.54, 1.807) is 25.1 Å². The highest BCUT2D eigenvalue weighted by molar-refractivity contribution is 7.17. The average molecular weight is 289 g/mol. The fourth-order valence-electron chi connectivity index (χ4n) is 1.70. The molecule has 2 aromatic rings. The number of carbonyl (C=O) groups is 2. The molecule has 104 valence electrons.